The number of aryl methyl sites for hydroxylation is 1. The lowest BCUT2D eigenvalue weighted by Gasteiger charge is -2.07. The molecule has 0 spiro atoms. The number of hydrogen-bond acceptors (Lipinski definition) is 4. The summed E-state index contributed by atoms with van der Waals surface area (Å²) in [4.78, 5) is 27.5. The molecule has 1 aromatic heterocycles. The molecule has 0 aliphatic carbocycles. The van der Waals surface area contributed by atoms with Gasteiger partial charge in [-0.15, -0.1) is 11.3 Å². The number of ketones is 1. The molecular formula is C18H16N2O2S. The first kappa shape index (κ1) is 15.4. The molecule has 23 heavy (non-hydrogen) atoms. The molecule has 5 heteroatoms. The van der Waals surface area contributed by atoms with E-state index in [0.29, 0.717) is 0 Å². The van der Waals surface area contributed by atoms with Crippen LogP contribution >= 0.6 is 11.3 Å². The number of amides is 1. The number of Topliss-reactive ketones (excluding diaryl/α,β-unsaturated/α-hetero) is 1. The second kappa shape index (κ2) is 6.30. The average Bonchev–Trinajstić information content (AvgIpc) is 2.90. The molecule has 0 unspecified atom stereocenters. The Kier molecular flexibility index (Phi) is 4.21. The number of benzene rings is 2. The minimum Gasteiger partial charge on any atom is -0.325 e. The molecule has 2 aromatic carbocycles. The van der Waals surface area contributed by atoms with Crippen LogP contribution < -0.4 is 5.32 Å². The maximum Gasteiger partial charge on any atom is 0.231 e. The Labute approximate surface area is 138 Å². The van der Waals surface area contributed by atoms with Gasteiger partial charge in [0.15, 0.2) is 0 Å². The number of nitrogens with zero attached hydrogens (tertiary/aromatic N) is 1. The number of hydrogen-bond donors (Lipinski definition) is 1. The van der Waals surface area contributed by atoms with Crippen molar-refractivity contribution in [1.82, 2.24) is 4.98 Å². The fraction of sp³-hybridized carbons (Fsp3) is 0.167. The van der Waals surface area contributed by atoms with E-state index >= 15 is 0 Å². The van der Waals surface area contributed by atoms with Gasteiger partial charge in [-0.25, -0.2) is 4.98 Å². The van der Waals surface area contributed by atoms with Crippen LogP contribution in [0.5, 0.6) is 0 Å². The van der Waals surface area contributed by atoms with Gasteiger partial charge in [-0.3, -0.25) is 9.59 Å². The number of carbonyl (C=O) groups is 2. The maximum absolute atomic E-state index is 11.8. The first-order valence-electron chi connectivity index (χ1n) is 7.29. The largest absolute Gasteiger partial charge is 0.325 e. The van der Waals surface area contributed by atoms with Crippen LogP contribution in [0.4, 0.5) is 5.69 Å². The molecule has 0 aliphatic rings. The zero-order chi connectivity index (χ0) is 16.4. The van der Waals surface area contributed by atoms with Gasteiger partial charge in [0.05, 0.1) is 16.6 Å². The van der Waals surface area contributed by atoms with E-state index in [1.165, 1.54) is 6.92 Å². The van der Waals surface area contributed by atoms with E-state index in [1.807, 2.05) is 49.4 Å². The summed E-state index contributed by atoms with van der Waals surface area (Å²) in [6.07, 6.45) is -0.102. The van der Waals surface area contributed by atoms with E-state index < -0.39 is 0 Å². The Hall–Kier alpha value is -2.53. The molecule has 0 saturated carbocycles. The van der Waals surface area contributed by atoms with Gasteiger partial charge in [-0.1, -0.05) is 30.3 Å². The Bertz CT molecular complexity index is 885. The second-order valence-electron chi connectivity index (χ2n) is 5.45. The number of aromatic nitrogens is 1. The number of nitrogens with one attached hydrogen (secondary N) is 1. The van der Waals surface area contributed by atoms with Crippen LogP contribution in [0.3, 0.4) is 0 Å². The van der Waals surface area contributed by atoms with Crippen LogP contribution in [0.1, 0.15) is 18.9 Å². The summed E-state index contributed by atoms with van der Waals surface area (Å²) in [6, 6.07) is 13.9. The maximum atomic E-state index is 11.8. The van der Waals surface area contributed by atoms with E-state index in [9.17, 15) is 9.59 Å². The standard InChI is InChI=1S/C18H16N2O2S/c1-11-8-15-16(10-14(11)19-17(22)9-12(2)21)23-18(20-15)13-6-4-3-5-7-13/h3-8,10H,9H2,1-2H3,(H,19,22). The molecule has 116 valence electrons. The Morgan fingerprint density at radius 2 is 1.91 bits per heavy atom. The van der Waals surface area contributed by atoms with Crippen molar-refractivity contribution in [2.45, 2.75) is 20.3 Å². The third kappa shape index (κ3) is 3.46. The third-order valence-corrected chi connectivity index (χ3v) is 4.51. The van der Waals surface area contributed by atoms with Crippen molar-refractivity contribution in [1.29, 1.82) is 0 Å². The highest BCUT2D eigenvalue weighted by Gasteiger charge is 2.11. The van der Waals surface area contributed by atoms with Crippen molar-refractivity contribution in [3.05, 3.63) is 48.0 Å². The lowest BCUT2D eigenvalue weighted by molar-refractivity contribution is -0.124. The number of carbonyl (C=O) groups excluding carboxylic acids is 2. The zero-order valence-corrected chi connectivity index (χ0v) is 13.7. The summed E-state index contributed by atoms with van der Waals surface area (Å²) in [5.74, 6) is -0.432. The van der Waals surface area contributed by atoms with E-state index in [2.05, 4.69) is 10.3 Å². The molecule has 1 amide bonds. The highest BCUT2D eigenvalue weighted by Crippen LogP contribution is 2.33. The van der Waals surface area contributed by atoms with E-state index in [-0.39, 0.29) is 18.1 Å². The third-order valence-electron chi connectivity index (χ3n) is 3.44. The van der Waals surface area contributed by atoms with Gasteiger partial charge in [0.25, 0.3) is 0 Å². The highest BCUT2D eigenvalue weighted by molar-refractivity contribution is 7.21. The van der Waals surface area contributed by atoms with Gasteiger partial charge in [-0.2, -0.15) is 0 Å². The molecule has 1 heterocycles. The summed E-state index contributed by atoms with van der Waals surface area (Å²) < 4.78 is 1.01. The molecule has 1 N–H and O–H groups in total. The first-order chi connectivity index (χ1) is 11.0. The van der Waals surface area contributed by atoms with Crippen molar-refractivity contribution in [3.63, 3.8) is 0 Å². The smallest absolute Gasteiger partial charge is 0.231 e. The molecule has 0 radical (unpaired) electrons. The van der Waals surface area contributed by atoms with E-state index in [4.69, 9.17) is 0 Å². The van der Waals surface area contributed by atoms with Crippen LogP contribution in [0, 0.1) is 6.92 Å². The number of thiazole rings is 1. The molecule has 0 bridgehead atoms. The number of fused-ring (bicyclic) bond motifs is 1. The van der Waals surface area contributed by atoms with Crippen molar-refractivity contribution < 1.29 is 9.59 Å². The average molecular weight is 324 g/mol. The summed E-state index contributed by atoms with van der Waals surface area (Å²) in [7, 11) is 0. The van der Waals surface area contributed by atoms with Gasteiger partial charge in [0.1, 0.15) is 10.8 Å². The molecule has 0 saturated heterocycles. The van der Waals surface area contributed by atoms with Gasteiger partial charge >= 0.3 is 0 Å². The predicted octanol–water partition coefficient (Wildman–Crippen LogP) is 4.19. The quantitative estimate of drug-likeness (QED) is 0.732. The van der Waals surface area contributed by atoms with Crippen molar-refractivity contribution in [2.24, 2.45) is 0 Å². The molecular weight excluding hydrogens is 308 g/mol. The molecule has 3 aromatic rings. The number of anilines is 1. The SMILES string of the molecule is CC(=O)CC(=O)Nc1cc2sc(-c3ccccc3)nc2cc1C. The van der Waals surface area contributed by atoms with Crippen molar-refractivity contribution in [3.8, 4) is 10.6 Å². The summed E-state index contributed by atoms with van der Waals surface area (Å²) in [5, 5.41) is 3.75. The fourth-order valence-corrected chi connectivity index (χ4v) is 3.33. The summed E-state index contributed by atoms with van der Waals surface area (Å²) in [6.45, 7) is 3.33. The monoisotopic (exact) mass is 324 g/mol. The van der Waals surface area contributed by atoms with Crippen LogP contribution in [-0.4, -0.2) is 16.7 Å². The lowest BCUT2D eigenvalue weighted by atomic mass is 10.1. The Morgan fingerprint density at radius 1 is 1.17 bits per heavy atom. The predicted molar refractivity (Wildman–Crippen MR) is 93.7 cm³/mol. The van der Waals surface area contributed by atoms with E-state index in [1.54, 1.807) is 11.3 Å². The molecule has 0 atom stereocenters. The van der Waals surface area contributed by atoms with Crippen molar-refractivity contribution in [2.75, 3.05) is 5.32 Å². The van der Waals surface area contributed by atoms with E-state index in [0.717, 1.165) is 32.0 Å². The van der Waals surface area contributed by atoms with Gasteiger partial charge in [0, 0.05) is 11.3 Å². The Balaban J connectivity index is 1.95. The molecule has 3 rings (SSSR count). The highest BCUT2D eigenvalue weighted by atomic mass is 32.1. The van der Waals surface area contributed by atoms with Crippen LogP contribution in [0.15, 0.2) is 42.5 Å². The molecule has 4 nitrogen and oxygen atoms in total. The topological polar surface area (TPSA) is 59.1 Å². The number of rotatable bonds is 4. The Morgan fingerprint density at radius 3 is 2.61 bits per heavy atom. The lowest BCUT2D eigenvalue weighted by Crippen LogP contribution is -2.15. The first-order valence-corrected chi connectivity index (χ1v) is 8.10. The van der Waals surface area contributed by atoms with Gasteiger partial charge in [0.2, 0.25) is 5.91 Å². The van der Waals surface area contributed by atoms with Gasteiger partial charge < -0.3 is 5.32 Å². The minimum atomic E-state index is -0.284. The summed E-state index contributed by atoms with van der Waals surface area (Å²) >= 11 is 1.58. The van der Waals surface area contributed by atoms with Gasteiger partial charge in [-0.05, 0) is 31.5 Å². The normalized spacial score (nSPS) is 10.7. The molecule has 0 fully saturated rings. The van der Waals surface area contributed by atoms with Crippen LogP contribution in [-0.2, 0) is 9.59 Å². The van der Waals surface area contributed by atoms with Crippen LogP contribution in [0.25, 0.3) is 20.8 Å². The summed E-state index contributed by atoms with van der Waals surface area (Å²) in [5.41, 5.74) is 3.65. The fourth-order valence-electron chi connectivity index (χ4n) is 2.34. The zero-order valence-electron chi connectivity index (χ0n) is 12.9. The molecule has 0 aliphatic heterocycles. The van der Waals surface area contributed by atoms with Crippen LogP contribution in [0.2, 0.25) is 0 Å². The second-order valence-corrected chi connectivity index (χ2v) is 6.48. The van der Waals surface area contributed by atoms with Crippen molar-refractivity contribution >= 4 is 38.9 Å². The minimum absolute atomic E-state index is 0.102.